The second kappa shape index (κ2) is 10.1. The van der Waals surface area contributed by atoms with Gasteiger partial charge in [-0.1, -0.05) is 60.7 Å². The summed E-state index contributed by atoms with van der Waals surface area (Å²) >= 11 is 0. The maximum atomic E-state index is 11.9. The molecule has 4 N–H and O–H groups in total. The average molecular weight is 477 g/mol. The lowest BCUT2D eigenvalue weighted by Crippen LogP contribution is -2.28. The van der Waals surface area contributed by atoms with Crippen molar-refractivity contribution in [2.45, 2.75) is 6.92 Å². The maximum absolute atomic E-state index is 11.9. The Balaban J connectivity index is 1.53. The van der Waals surface area contributed by atoms with E-state index in [1.807, 2.05) is 79.7 Å². The number of pyridine rings is 1. The minimum Gasteiger partial charge on any atom is -0.507 e. The molecule has 2 heterocycles. The molecule has 3 aromatic carbocycles. The van der Waals surface area contributed by atoms with E-state index in [9.17, 15) is 9.90 Å². The Morgan fingerprint density at radius 2 is 1.44 bits per heavy atom. The van der Waals surface area contributed by atoms with Crippen LogP contribution in [0.1, 0.15) is 6.92 Å². The molecule has 0 fully saturated rings. The Labute approximate surface area is 208 Å². The molecule has 0 saturated heterocycles. The fourth-order valence-electron chi connectivity index (χ4n) is 3.88. The number of carbonyl (C=O) groups excluding carboxylic acids is 1. The molecule has 5 rings (SSSR count). The first-order valence-corrected chi connectivity index (χ1v) is 11.5. The Morgan fingerprint density at radius 3 is 2.06 bits per heavy atom. The summed E-state index contributed by atoms with van der Waals surface area (Å²) in [5, 5.41) is 19.8. The molecule has 36 heavy (non-hydrogen) atoms. The van der Waals surface area contributed by atoms with Crippen LogP contribution in [0.5, 0.6) is 5.75 Å². The van der Waals surface area contributed by atoms with Gasteiger partial charge in [0.05, 0.1) is 6.20 Å². The van der Waals surface area contributed by atoms with Crippen LogP contribution in [0, 0.1) is 0 Å². The van der Waals surface area contributed by atoms with E-state index >= 15 is 0 Å². The second-order valence-electron chi connectivity index (χ2n) is 8.06. The normalized spacial score (nSPS) is 10.7. The van der Waals surface area contributed by atoms with Gasteiger partial charge in [0.2, 0.25) is 0 Å². The predicted octanol–water partition coefficient (Wildman–Crippen LogP) is 5.95. The minimum absolute atomic E-state index is 0.199. The van der Waals surface area contributed by atoms with Crippen LogP contribution in [-0.4, -0.2) is 32.6 Å². The molecule has 0 bridgehead atoms. The first kappa shape index (κ1) is 22.8. The monoisotopic (exact) mass is 476 g/mol. The molecule has 2 aromatic heterocycles. The third-order valence-corrected chi connectivity index (χ3v) is 5.54. The third-order valence-electron chi connectivity index (χ3n) is 5.54. The zero-order valence-electron chi connectivity index (χ0n) is 19.6. The molecule has 2 amide bonds. The molecule has 5 aromatic rings. The molecular formula is C28H24N6O2. The van der Waals surface area contributed by atoms with Crippen LogP contribution in [0.2, 0.25) is 0 Å². The van der Waals surface area contributed by atoms with E-state index in [0.717, 1.165) is 16.8 Å². The summed E-state index contributed by atoms with van der Waals surface area (Å²) in [6.45, 7) is 2.35. The van der Waals surface area contributed by atoms with Gasteiger partial charge in [0.1, 0.15) is 17.1 Å². The van der Waals surface area contributed by atoms with Gasteiger partial charge in [-0.05, 0) is 42.3 Å². The molecule has 0 aliphatic carbocycles. The number of anilines is 3. The van der Waals surface area contributed by atoms with Crippen molar-refractivity contribution in [3.05, 3.63) is 91.1 Å². The molecule has 0 spiro atoms. The van der Waals surface area contributed by atoms with Crippen LogP contribution in [0.3, 0.4) is 0 Å². The number of aromatic nitrogens is 3. The van der Waals surface area contributed by atoms with E-state index < -0.39 is 0 Å². The summed E-state index contributed by atoms with van der Waals surface area (Å²) in [5.74, 6) is 1.06. The molecule has 0 aliphatic rings. The molecule has 0 unspecified atom stereocenters. The van der Waals surface area contributed by atoms with E-state index in [1.54, 1.807) is 18.3 Å². The van der Waals surface area contributed by atoms with E-state index in [4.69, 9.17) is 0 Å². The number of fused-ring (bicyclic) bond motifs is 1. The predicted molar refractivity (Wildman–Crippen MR) is 142 cm³/mol. The van der Waals surface area contributed by atoms with Crippen molar-refractivity contribution in [1.29, 1.82) is 0 Å². The number of urea groups is 1. The van der Waals surface area contributed by atoms with E-state index in [2.05, 4.69) is 30.9 Å². The average Bonchev–Trinajstić information content (AvgIpc) is 2.90. The van der Waals surface area contributed by atoms with Crippen molar-refractivity contribution >= 4 is 34.5 Å². The highest BCUT2D eigenvalue weighted by atomic mass is 16.3. The van der Waals surface area contributed by atoms with Gasteiger partial charge in [-0.2, -0.15) is 0 Å². The number of rotatable bonds is 6. The lowest BCUT2D eigenvalue weighted by atomic mass is 9.96. The number of amides is 2. The zero-order valence-corrected chi connectivity index (χ0v) is 19.6. The van der Waals surface area contributed by atoms with Crippen LogP contribution in [-0.2, 0) is 0 Å². The van der Waals surface area contributed by atoms with Gasteiger partial charge >= 0.3 is 6.03 Å². The SMILES string of the molecule is CCNC(=O)Nc1ccc2ncc(Nc3cc(-c4ccccc4)c(O)c(-c4ccccc4)c3)nc2n1. The topological polar surface area (TPSA) is 112 Å². The number of phenolic OH excluding ortho intramolecular Hbond substituents is 1. The molecule has 8 heteroatoms. The van der Waals surface area contributed by atoms with Crippen molar-refractivity contribution in [1.82, 2.24) is 20.3 Å². The van der Waals surface area contributed by atoms with Crippen molar-refractivity contribution in [2.24, 2.45) is 0 Å². The number of nitrogens with zero attached hydrogens (tertiary/aromatic N) is 3. The fraction of sp³-hybridized carbons (Fsp3) is 0.0714. The van der Waals surface area contributed by atoms with Gasteiger partial charge in [-0.25, -0.2) is 19.7 Å². The van der Waals surface area contributed by atoms with Gasteiger partial charge in [0, 0.05) is 23.4 Å². The first-order chi connectivity index (χ1) is 17.6. The van der Waals surface area contributed by atoms with Crippen molar-refractivity contribution in [2.75, 3.05) is 17.2 Å². The van der Waals surface area contributed by atoms with Gasteiger partial charge in [-0.3, -0.25) is 5.32 Å². The number of nitrogens with one attached hydrogen (secondary N) is 3. The summed E-state index contributed by atoms with van der Waals surface area (Å²) in [5.41, 5.74) is 4.89. The summed E-state index contributed by atoms with van der Waals surface area (Å²) in [6, 6.07) is 26.3. The summed E-state index contributed by atoms with van der Waals surface area (Å²) in [4.78, 5) is 25.3. The maximum Gasteiger partial charge on any atom is 0.320 e. The molecule has 0 aliphatic heterocycles. The van der Waals surface area contributed by atoms with Crippen LogP contribution < -0.4 is 16.0 Å². The number of aromatic hydroxyl groups is 1. The molecule has 178 valence electrons. The van der Waals surface area contributed by atoms with E-state index in [0.29, 0.717) is 40.5 Å². The Hall–Kier alpha value is -4.98. The summed E-state index contributed by atoms with van der Waals surface area (Å²) < 4.78 is 0. The Bertz CT molecular complexity index is 1460. The number of carbonyl (C=O) groups is 1. The van der Waals surface area contributed by atoms with E-state index in [-0.39, 0.29) is 11.8 Å². The van der Waals surface area contributed by atoms with Gasteiger partial charge in [0.15, 0.2) is 11.5 Å². The Morgan fingerprint density at radius 1 is 0.833 bits per heavy atom. The van der Waals surface area contributed by atoms with Gasteiger partial charge in [-0.15, -0.1) is 0 Å². The standard InChI is InChI=1S/C28H24N6O2/c1-2-29-28(36)34-24-14-13-23-27(32-24)33-25(17-30-23)31-20-15-21(18-9-5-3-6-10-18)26(35)22(16-20)19-11-7-4-8-12-19/h3-17,35H,2H2,1H3,(H3,29,31,32,33,34,36). The third kappa shape index (κ3) is 4.92. The van der Waals surface area contributed by atoms with Crippen LogP contribution in [0.25, 0.3) is 33.4 Å². The highest BCUT2D eigenvalue weighted by Gasteiger charge is 2.14. The molecule has 8 nitrogen and oxygen atoms in total. The summed E-state index contributed by atoms with van der Waals surface area (Å²) in [6.07, 6.45) is 1.62. The number of phenols is 1. The van der Waals surface area contributed by atoms with Crippen molar-refractivity contribution < 1.29 is 9.90 Å². The van der Waals surface area contributed by atoms with Crippen molar-refractivity contribution in [3.8, 4) is 28.0 Å². The summed E-state index contributed by atoms with van der Waals surface area (Å²) in [7, 11) is 0. The van der Waals surface area contributed by atoms with Crippen LogP contribution >= 0.6 is 0 Å². The quantitative estimate of drug-likeness (QED) is 0.225. The highest BCUT2D eigenvalue weighted by molar-refractivity contribution is 5.90. The number of hydrogen-bond donors (Lipinski definition) is 4. The molecule has 0 saturated carbocycles. The van der Waals surface area contributed by atoms with E-state index in [1.165, 1.54) is 0 Å². The largest absolute Gasteiger partial charge is 0.507 e. The van der Waals surface area contributed by atoms with Gasteiger partial charge < -0.3 is 15.7 Å². The molecular weight excluding hydrogens is 452 g/mol. The number of hydrogen-bond acceptors (Lipinski definition) is 6. The fourth-order valence-corrected chi connectivity index (χ4v) is 3.88. The lowest BCUT2D eigenvalue weighted by Gasteiger charge is -2.15. The van der Waals surface area contributed by atoms with Gasteiger partial charge in [0.25, 0.3) is 0 Å². The van der Waals surface area contributed by atoms with Crippen LogP contribution in [0.15, 0.2) is 91.1 Å². The van der Waals surface area contributed by atoms with Crippen LogP contribution in [0.4, 0.5) is 22.1 Å². The molecule has 0 atom stereocenters. The lowest BCUT2D eigenvalue weighted by molar-refractivity contribution is 0.252. The second-order valence-corrected chi connectivity index (χ2v) is 8.06. The van der Waals surface area contributed by atoms with Crippen molar-refractivity contribution in [3.63, 3.8) is 0 Å². The number of benzene rings is 3. The highest BCUT2D eigenvalue weighted by Crippen LogP contribution is 2.41. The zero-order chi connectivity index (χ0) is 24.9. The smallest absolute Gasteiger partial charge is 0.320 e. The molecule has 0 radical (unpaired) electrons. The first-order valence-electron chi connectivity index (χ1n) is 11.5. The minimum atomic E-state index is -0.336. The Kier molecular flexibility index (Phi) is 6.40.